The summed E-state index contributed by atoms with van der Waals surface area (Å²) in [5.74, 6) is 0.00817. The van der Waals surface area contributed by atoms with Gasteiger partial charge in [0.05, 0.1) is 16.7 Å². The third-order valence-corrected chi connectivity index (χ3v) is 7.82. The van der Waals surface area contributed by atoms with Crippen LogP contribution in [-0.4, -0.2) is 55.7 Å². The van der Waals surface area contributed by atoms with E-state index in [9.17, 15) is 18.0 Å². The van der Waals surface area contributed by atoms with Crippen molar-refractivity contribution in [2.24, 2.45) is 0 Å². The van der Waals surface area contributed by atoms with Crippen LogP contribution in [0, 0.1) is 0 Å². The van der Waals surface area contributed by atoms with Crippen LogP contribution in [0.4, 0.5) is 24.5 Å². The van der Waals surface area contributed by atoms with Gasteiger partial charge in [0.15, 0.2) is 0 Å². The number of anilines is 2. The molecular weight excluding hydrogens is 515 g/mol. The molecule has 9 heteroatoms. The average molecular weight is 552 g/mol. The van der Waals surface area contributed by atoms with Crippen LogP contribution in [0.5, 0.6) is 0 Å². The van der Waals surface area contributed by atoms with Gasteiger partial charge in [-0.05, 0) is 67.0 Å². The number of benzene rings is 2. The maximum absolute atomic E-state index is 13.1. The van der Waals surface area contributed by atoms with E-state index in [2.05, 4.69) is 55.3 Å². The Balaban J connectivity index is 1.17. The van der Waals surface area contributed by atoms with Crippen LogP contribution in [0.15, 0.2) is 42.5 Å². The molecule has 1 saturated carbocycles. The number of halogens is 4. The Kier molecular flexibility index (Phi) is 8.82. The van der Waals surface area contributed by atoms with Gasteiger partial charge in [0.2, 0.25) is 5.91 Å². The first-order valence-corrected chi connectivity index (χ1v) is 13.7. The van der Waals surface area contributed by atoms with Gasteiger partial charge >= 0.3 is 6.18 Å². The van der Waals surface area contributed by atoms with Gasteiger partial charge in [0, 0.05) is 43.6 Å². The van der Waals surface area contributed by atoms with Crippen LogP contribution >= 0.6 is 11.6 Å². The third-order valence-electron chi connectivity index (χ3n) is 7.49. The Morgan fingerprint density at radius 3 is 2.18 bits per heavy atom. The number of carbonyl (C=O) groups excluding carboxylic acids is 1. The van der Waals surface area contributed by atoms with Gasteiger partial charge < -0.3 is 19.9 Å². The third kappa shape index (κ3) is 7.35. The molecule has 2 aliphatic rings. The van der Waals surface area contributed by atoms with Crippen molar-refractivity contribution in [1.82, 2.24) is 4.90 Å². The molecule has 0 bridgehead atoms. The molecule has 0 atom stereocenters. The van der Waals surface area contributed by atoms with Crippen LogP contribution in [0.3, 0.4) is 0 Å². The van der Waals surface area contributed by atoms with E-state index in [1.807, 2.05) is 4.90 Å². The predicted octanol–water partition coefficient (Wildman–Crippen LogP) is 6.74. The SMILES string of the molecule is CC(C)(C)c1ccc(N2CCN(C(=O)CO[C@H]3CC[C@H](Nc4ccc(Cl)c(C(F)(F)F)c4)CC3)CC2)cc1. The first-order valence-electron chi connectivity index (χ1n) is 13.3. The summed E-state index contributed by atoms with van der Waals surface area (Å²) in [5, 5.41) is 2.89. The molecule has 1 aliphatic carbocycles. The minimum absolute atomic E-state index is 0.00817. The highest BCUT2D eigenvalue weighted by atomic mass is 35.5. The Morgan fingerprint density at radius 2 is 1.61 bits per heavy atom. The number of ether oxygens (including phenoxy) is 1. The van der Waals surface area contributed by atoms with E-state index in [4.69, 9.17) is 16.3 Å². The summed E-state index contributed by atoms with van der Waals surface area (Å²) in [7, 11) is 0. The smallest absolute Gasteiger partial charge is 0.382 e. The molecule has 0 aromatic heterocycles. The zero-order valence-corrected chi connectivity index (χ0v) is 23.0. The molecule has 0 radical (unpaired) electrons. The molecule has 1 saturated heterocycles. The molecule has 1 heterocycles. The molecule has 208 valence electrons. The van der Waals surface area contributed by atoms with E-state index in [0.29, 0.717) is 18.8 Å². The molecule has 38 heavy (non-hydrogen) atoms. The summed E-state index contributed by atoms with van der Waals surface area (Å²) >= 11 is 5.72. The summed E-state index contributed by atoms with van der Waals surface area (Å²) < 4.78 is 45.3. The molecule has 2 aromatic rings. The van der Waals surface area contributed by atoms with Gasteiger partial charge in [-0.15, -0.1) is 0 Å². The van der Waals surface area contributed by atoms with Gasteiger partial charge in [-0.1, -0.05) is 44.5 Å². The highest BCUT2D eigenvalue weighted by molar-refractivity contribution is 6.31. The van der Waals surface area contributed by atoms with Gasteiger partial charge in [0.25, 0.3) is 0 Å². The fourth-order valence-electron chi connectivity index (χ4n) is 5.11. The standard InChI is InChI=1S/C29H37ClF3N3O2/c1-28(2,3)20-4-9-23(10-5-20)35-14-16-36(17-15-35)27(37)19-38-24-11-6-21(7-12-24)34-22-8-13-26(30)25(18-22)29(31,32)33/h4-5,8-10,13,18,21,24,34H,6-7,11-12,14-17,19H2,1-3H3/t21-,24-. The lowest BCUT2D eigenvalue weighted by Crippen LogP contribution is -2.50. The summed E-state index contributed by atoms with van der Waals surface area (Å²) in [6.07, 6.45) is -1.48. The lowest BCUT2D eigenvalue weighted by atomic mass is 9.87. The number of rotatable bonds is 6. The monoisotopic (exact) mass is 551 g/mol. The fraction of sp³-hybridized carbons (Fsp3) is 0.552. The van der Waals surface area contributed by atoms with Crippen LogP contribution in [-0.2, 0) is 21.1 Å². The van der Waals surface area contributed by atoms with Crippen molar-refractivity contribution in [1.29, 1.82) is 0 Å². The summed E-state index contributed by atoms with van der Waals surface area (Å²) in [6.45, 7) is 9.59. The number of piperazine rings is 1. The lowest BCUT2D eigenvalue weighted by Gasteiger charge is -2.37. The molecule has 5 nitrogen and oxygen atoms in total. The molecule has 4 rings (SSSR count). The normalized spacial score (nSPS) is 20.9. The van der Waals surface area contributed by atoms with E-state index in [-0.39, 0.29) is 35.1 Å². The average Bonchev–Trinajstić information content (AvgIpc) is 2.88. The second-order valence-corrected chi connectivity index (χ2v) is 11.7. The lowest BCUT2D eigenvalue weighted by molar-refractivity contribution is -0.139. The van der Waals surface area contributed by atoms with Crippen molar-refractivity contribution in [3.63, 3.8) is 0 Å². The molecule has 2 aromatic carbocycles. The Morgan fingerprint density at radius 1 is 0.974 bits per heavy atom. The molecule has 1 aliphatic heterocycles. The Labute approximate surface area is 228 Å². The Bertz CT molecular complexity index is 1090. The molecule has 2 fully saturated rings. The van der Waals surface area contributed by atoms with Gasteiger partial charge in [-0.25, -0.2) is 0 Å². The van der Waals surface area contributed by atoms with E-state index in [1.54, 1.807) is 6.07 Å². The van der Waals surface area contributed by atoms with E-state index in [0.717, 1.165) is 44.8 Å². The maximum atomic E-state index is 13.1. The molecular formula is C29H37ClF3N3O2. The number of alkyl halides is 3. The van der Waals surface area contributed by atoms with Crippen molar-refractivity contribution >= 4 is 28.9 Å². The first kappa shape index (κ1) is 28.6. The number of hydrogen-bond acceptors (Lipinski definition) is 4. The predicted molar refractivity (Wildman–Crippen MR) is 146 cm³/mol. The molecule has 1 N–H and O–H groups in total. The van der Waals surface area contributed by atoms with Crippen LogP contribution in [0.25, 0.3) is 0 Å². The summed E-state index contributed by atoms with van der Waals surface area (Å²) in [6, 6.07) is 12.6. The zero-order valence-electron chi connectivity index (χ0n) is 22.3. The minimum Gasteiger partial charge on any atom is -0.382 e. The minimum atomic E-state index is -4.49. The molecule has 0 spiro atoms. The van der Waals surface area contributed by atoms with Gasteiger partial charge in [0.1, 0.15) is 6.61 Å². The highest BCUT2D eigenvalue weighted by Crippen LogP contribution is 2.37. The Hall–Kier alpha value is -2.45. The second-order valence-electron chi connectivity index (χ2n) is 11.3. The summed E-state index contributed by atoms with van der Waals surface area (Å²) in [4.78, 5) is 16.9. The molecule has 1 amide bonds. The van der Waals surface area contributed by atoms with E-state index < -0.39 is 11.7 Å². The second kappa shape index (κ2) is 11.7. The van der Waals surface area contributed by atoms with E-state index >= 15 is 0 Å². The molecule has 0 unspecified atom stereocenters. The number of hydrogen-bond donors (Lipinski definition) is 1. The van der Waals surface area contributed by atoms with Gasteiger partial charge in [-0.3, -0.25) is 4.79 Å². The number of amides is 1. The van der Waals surface area contributed by atoms with Crippen molar-refractivity contribution < 1.29 is 22.7 Å². The quantitative estimate of drug-likeness (QED) is 0.431. The van der Waals surface area contributed by atoms with Crippen LogP contribution in [0.1, 0.15) is 57.6 Å². The van der Waals surface area contributed by atoms with Gasteiger partial charge in [-0.2, -0.15) is 13.2 Å². The zero-order chi connectivity index (χ0) is 27.5. The topological polar surface area (TPSA) is 44.8 Å². The first-order chi connectivity index (χ1) is 17.9. The number of nitrogens with zero attached hydrogens (tertiary/aromatic N) is 2. The van der Waals surface area contributed by atoms with Crippen molar-refractivity contribution in [2.75, 3.05) is 43.0 Å². The van der Waals surface area contributed by atoms with Crippen LogP contribution in [0.2, 0.25) is 5.02 Å². The fourth-order valence-corrected chi connectivity index (χ4v) is 5.33. The van der Waals surface area contributed by atoms with Crippen molar-refractivity contribution in [3.8, 4) is 0 Å². The van der Waals surface area contributed by atoms with Crippen LogP contribution < -0.4 is 10.2 Å². The maximum Gasteiger partial charge on any atom is 0.417 e. The largest absolute Gasteiger partial charge is 0.417 e. The number of carbonyl (C=O) groups is 1. The van der Waals surface area contributed by atoms with E-state index in [1.165, 1.54) is 17.3 Å². The highest BCUT2D eigenvalue weighted by Gasteiger charge is 2.34. The number of nitrogens with one attached hydrogen (secondary N) is 1. The van der Waals surface area contributed by atoms with Crippen molar-refractivity contribution in [3.05, 3.63) is 58.6 Å². The van der Waals surface area contributed by atoms with Crippen molar-refractivity contribution in [2.45, 2.75) is 70.2 Å². The summed E-state index contributed by atoms with van der Waals surface area (Å²) in [5.41, 5.74) is 2.18.